The number of hydrogen-bond acceptors (Lipinski definition) is 4. The SMILES string of the molecule is CCN1C(=O)C(=O)N(CC(=O)N[C@H](C)c2ccc(CC(C)C)cc2)C1=O. The third kappa shape index (κ3) is 4.28. The van der Waals surface area contributed by atoms with Crippen LogP contribution in [0, 0.1) is 5.92 Å². The molecule has 0 spiro atoms. The summed E-state index contributed by atoms with van der Waals surface area (Å²) in [5.74, 6) is -1.77. The largest absolute Gasteiger partial charge is 0.348 e. The van der Waals surface area contributed by atoms with Gasteiger partial charge < -0.3 is 5.32 Å². The molecule has 1 aromatic rings. The molecule has 5 amide bonds. The molecule has 0 bridgehead atoms. The summed E-state index contributed by atoms with van der Waals surface area (Å²) >= 11 is 0. The molecule has 1 aliphatic rings. The fourth-order valence-corrected chi connectivity index (χ4v) is 2.90. The number of carbonyl (C=O) groups excluding carboxylic acids is 4. The first-order valence-electron chi connectivity index (χ1n) is 8.80. The van der Waals surface area contributed by atoms with Gasteiger partial charge in [0.2, 0.25) is 5.91 Å². The number of likely N-dealkylation sites (N-methyl/N-ethyl adjacent to an activating group) is 1. The van der Waals surface area contributed by atoms with Crippen molar-refractivity contribution in [1.82, 2.24) is 15.1 Å². The Hall–Kier alpha value is -2.70. The van der Waals surface area contributed by atoms with Crippen molar-refractivity contribution in [1.29, 1.82) is 0 Å². The van der Waals surface area contributed by atoms with E-state index in [-0.39, 0.29) is 12.6 Å². The molecule has 2 rings (SSSR count). The van der Waals surface area contributed by atoms with E-state index in [1.165, 1.54) is 5.56 Å². The highest BCUT2D eigenvalue weighted by molar-refractivity contribution is 6.45. The Labute approximate surface area is 153 Å². The normalized spacial score (nSPS) is 15.8. The van der Waals surface area contributed by atoms with Gasteiger partial charge in [0, 0.05) is 6.54 Å². The second kappa shape index (κ2) is 8.12. The molecule has 0 aromatic heterocycles. The Morgan fingerprint density at radius 1 is 1.00 bits per heavy atom. The van der Waals surface area contributed by atoms with Crippen LogP contribution in [0.3, 0.4) is 0 Å². The minimum atomic E-state index is -0.960. The first-order valence-corrected chi connectivity index (χ1v) is 8.80. The van der Waals surface area contributed by atoms with E-state index < -0.39 is 30.3 Å². The highest BCUT2D eigenvalue weighted by Crippen LogP contribution is 2.16. The summed E-state index contributed by atoms with van der Waals surface area (Å²) in [6.45, 7) is 7.37. The lowest BCUT2D eigenvalue weighted by Crippen LogP contribution is -2.42. The van der Waals surface area contributed by atoms with Gasteiger partial charge in [-0.3, -0.25) is 19.3 Å². The van der Waals surface area contributed by atoms with Gasteiger partial charge in [-0.05, 0) is 37.3 Å². The van der Waals surface area contributed by atoms with Crippen LogP contribution in [-0.4, -0.2) is 46.6 Å². The summed E-state index contributed by atoms with van der Waals surface area (Å²) in [6, 6.07) is 6.95. The Morgan fingerprint density at radius 2 is 1.58 bits per heavy atom. The molecule has 0 aliphatic carbocycles. The smallest absolute Gasteiger partial charge is 0.334 e. The number of urea groups is 1. The van der Waals surface area contributed by atoms with Gasteiger partial charge in [-0.1, -0.05) is 38.1 Å². The highest BCUT2D eigenvalue weighted by Gasteiger charge is 2.44. The Kier molecular flexibility index (Phi) is 6.13. The maximum Gasteiger partial charge on any atom is 0.334 e. The van der Waals surface area contributed by atoms with Crippen LogP contribution in [0.4, 0.5) is 4.79 Å². The minimum absolute atomic E-state index is 0.0979. The summed E-state index contributed by atoms with van der Waals surface area (Å²) in [4.78, 5) is 49.2. The Morgan fingerprint density at radius 3 is 2.08 bits per heavy atom. The molecule has 140 valence electrons. The summed E-state index contributed by atoms with van der Waals surface area (Å²) < 4.78 is 0. The summed E-state index contributed by atoms with van der Waals surface area (Å²) in [5.41, 5.74) is 2.16. The van der Waals surface area contributed by atoms with Gasteiger partial charge in [0.15, 0.2) is 0 Å². The van der Waals surface area contributed by atoms with Crippen molar-refractivity contribution in [2.75, 3.05) is 13.1 Å². The number of nitrogens with zero attached hydrogens (tertiary/aromatic N) is 2. The number of carbonyl (C=O) groups is 4. The molecule has 1 heterocycles. The molecule has 1 fully saturated rings. The predicted octanol–water partition coefficient (Wildman–Crippen LogP) is 1.87. The van der Waals surface area contributed by atoms with Crippen LogP contribution in [0.15, 0.2) is 24.3 Å². The van der Waals surface area contributed by atoms with Gasteiger partial charge in [-0.25, -0.2) is 9.69 Å². The molecule has 1 N–H and O–H groups in total. The highest BCUT2D eigenvalue weighted by atomic mass is 16.2. The van der Waals surface area contributed by atoms with Crippen LogP contribution in [0.25, 0.3) is 0 Å². The molecule has 1 saturated heterocycles. The monoisotopic (exact) mass is 359 g/mol. The molecule has 26 heavy (non-hydrogen) atoms. The zero-order valence-corrected chi connectivity index (χ0v) is 15.6. The van der Waals surface area contributed by atoms with Gasteiger partial charge in [-0.2, -0.15) is 0 Å². The number of nitrogens with one attached hydrogen (secondary N) is 1. The summed E-state index contributed by atoms with van der Waals surface area (Å²) in [6.07, 6.45) is 0.988. The second-order valence-corrected chi connectivity index (χ2v) is 6.85. The molecular weight excluding hydrogens is 334 g/mol. The van der Waals surface area contributed by atoms with Crippen LogP contribution in [0.1, 0.15) is 44.9 Å². The van der Waals surface area contributed by atoms with Crippen molar-refractivity contribution in [3.8, 4) is 0 Å². The van der Waals surface area contributed by atoms with E-state index in [4.69, 9.17) is 0 Å². The lowest BCUT2D eigenvalue weighted by atomic mass is 10.00. The van der Waals surface area contributed by atoms with Crippen molar-refractivity contribution in [3.05, 3.63) is 35.4 Å². The molecule has 0 unspecified atom stereocenters. The number of amides is 5. The standard InChI is InChI=1S/C19H25N3O4/c1-5-21-17(24)18(25)22(19(21)26)11-16(23)20-13(4)15-8-6-14(7-9-15)10-12(2)3/h6-9,12-13H,5,10-11H2,1-4H3,(H,20,23)/t13-/m1/s1. The van der Waals surface area contributed by atoms with Crippen molar-refractivity contribution < 1.29 is 19.2 Å². The Bertz CT molecular complexity index is 712. The van der Waals surface area contributed by atoms with E-state index >= 15 is 0 Å². The van der Waals surface area contributed by atoms with E-state index in [9.17, 15) is 19.2 Å². The van der Waals surface area contributed by atoms with Crippen molar-refractivity contribution in [2.24, 2.45) is 5.92 Å². The van der Waals surface area contributed by atoms with E-state index in [1.54, 1.807) is 6.92 Å². The fraction of sp³-hybridized carbons (Fsp3) is 0.474. The second-order valence-electron chi connectivity index (χ2n) is 6.85. The maximum atomic E-state index is 12.2. The molecule has 1 atom stereocenters. The van der Waals surface area contributed by atoms with Crippen molar-refractivity contribution in [3.63, 3.8) is 0 Å². The van der Waals surface area contributed by atoms with Gasteiger partial charge in [-0.15, -0.1) is 0 Å². The number of imide groups is 2. The van der Waals surface area contributed by atoms with Crippen LogP contribution >= 0.6 is 0 Å². The van der Waals surface area contributed by atoms with E-state index in [1.807, 2.05) is 31.2 Å². The van der Waals surface area contributed by atoms with E-state index in [2.05, 4.69) is 19.2 Å². The van der Waals surface area contributed by atoms with E-state index in [0.717, 1.165) is 16.9 Å². The zero-order chi connectivity index (χ0) is 19.4. The number of rotatable bonds is 7. The molecule has 0 radical (unpaired) electrons. The van der Waals surface area contributed by atoms with Gasteiger partial charge >= 0.3 is 17.8 Å². The van der Waals surface area contributed by atoms with Crippen LogP contribution < -0.4 is 5.32 Å². The number of benzene rings is 1. The average Bonchev–Trinajstić information content (AvgIpc) is 2.78. The van der Waals surface area contributed by atoms with Crippen molar-refractivity contribution >= 4 is 23.8 Å². The lowest BCUT2D eigenvalue weighted by molar-refractivity contribution is -0.144. The van der Waals surface area contributed by atoms with Gasteiger partial charge in [0.05, 0.1) is 6.04 Å². The fourth-order valence-electron chi connectivity index (χ4n) is 2.90. The Balaban J connectivity index is 1.96. The van der Waals surface area contributed by atoms with Crippen LogP contribution in [-0.2, 0) is 20.8 Å². The topological polar surface area (TPSA) is 86.8 Å². The van der Waals surface area contributed by atoms with Gasteiger partial charge in [0.25, 0.3) is 0 Å². The quantitative estimate of drug-likeness (QED) is 0.595. The third-order valence-corrected chi connectivity index (χ3v) is 4.25. The first-order chi connectivity index (χ1) is 12.2. The summed E-state index contributed by atoms with van der Waals surface area (Å²) in [5, 5.41) is 2.76. The molecule has 1 aliphatic heterocycles. The third-order valence-electron chi connectivity index (χ3n) is 4.25. The average molecular weight is 359 g/mol. The van der Waals surface area contributed by atoms with Gasteiger partial charge in [0.1, 0.15) is 6.54 Å². The molecule has 7 heteroatoms. The zero-order valence-electron chi connectivity index (χ0n) is 15.6. The predicted molar refractivity (Wildman–Crippen MR) is 96.0 cm³/mol. The first kappa shape index (κ1) is 19.6. The summed E-state index contributed by atoms with van der Waals surface area (Å²) in [7, 11) is 0. The molecular formula is C19H25N3O4. The van der Waals surface area contributed by atoms with Crippen molar-refractivity contribution in [2.45, 2.75) is 40.2 Å². The minimum Gasteiger partial charge on any atom is -0.348 e. The lowest BCUT2D eigenvalue weighted by Gasteiger charge is -2.18. The van der Waals surface area contributed by atoms with E-state index in [0.29, 0.717) is 10.8 Å². The van der Waals surface area contributed by atoms with Crippen LogP contribution in [0.2, 0.25) is 0 Å². The maximum absolute atomic E-state index is 12.2. The van der Waals surface area contributed by atoms with Crippen LogP contribution in [0.5, 0.6) is 0 Å². The number of hydrogen-bond donors (Lipinski definition) is 1. The molecule has 1 aromatic carbocycles. The molecule has 7 nitrogen and oxygen atoms in total. The molecule has 0 saturated carbocycles.